The second-order valence-corrected chi connectivity index (χ2v) is 7.55. The number of benzene rings is 2. The molecule has 0 unspecified atom stereocenters. The lowest BCUT2D eigenvalue weighted by Crippen LogP contribution is -2.24. The van der Waals surface area contributed by atoms with Gasteiger partial charge in [0.25, 0.3) is 0 Å². The minimum atomic E-state index is -3.66. The molecule has 0 aliphatic heterocycles. The quantitative estimate of drug-likeness (QED) is 0.796. The molecule has 7 nitrogen and oxygen atoms in total. The van der Waals surface area contributed by atoms with E-state index in [1.807, 2.05) is 6.07 Å². The summed E-state index contributed by atoms with van der Waals surface area (Å²) in [7, 11) is -0.713. The van der Waals surface area contributed by atoms with Gasteiger partial charge in [-0.25, -0.2) is 8.42 Å². The van der Waals surface area contributed by atoms with Crippen LogP contribution < -0.4 is 14.8 Å². The number of nitriles is 1. The van der Waals surface area contributed by atoms with E-state index in [1.165, 1.54) is 26.4 Å². The first-order valence-corrected chi connectivity index (χ1v) is 9.40. The summed E-state index contributed by atoms with van der Waals surface area (Å²) in [6, 6.07) is 12.9. The molecule has 1 N–H and O–H groups in total. The molecule has 0 atom stereocenters. The predicted molar refractivity (Wildman–Crippen MR) is 96.8 cm³/mol. The molecule has 2 aromatic rings. The fourth-order valence-electron chi connectivity index (χ4n) is 2.26. The number of amides is 1. The number of carbonyl (C=O) groups excluding carboxylic acids is 1. The number of methoxy groups -OCH3 is 2. The molecule has 0 bridgehead atoms. The van der Waals surface area contributed by atoms with Gasteiger partial charge in [0.05, 0.1) is 31.6 Å². The highest BCUT2D eigenvalue weighted by Gasteiger charge is 2.18. The van der Waals surface area contributed by atoms with E-state index < -0.39 is 21.5 Å². The molecule has 0 aliphatic carbocycles. The van der Waals surface area contributed by atoms with E-state index in [2.05, 4.69) is 5.32 Å². The van der Waals surface area contributed by atoms with Crippen molar-refractivity contribution in [1.29, 1.82) is 5.26 Å². The van der Waals surface area contributed by atoms with Crippen LogP contribution in [0.4, 0.5) is 5.69 Å². The minimum absolute atomic E-state index is 0.284. The van der Waals surface area contributed by atoms with Crippen LogP contribution in [0.2, 0.25) is 0 Å². The summed E-state index contributed by atoms with van der Waals surface area (Å²) in [6.07, 6.45) is 0. The molecule has 8 heteroatoms. The Labute approximate surface area is 152 Å². The van der Waals surface area contributed by atoms with Crippen molar-refractivity contribution >= 4 is 21.4 Å². The van der Waals surface area contributed by atoms with Gasteiger partial charge < -0.3 is 14.8 Å². The zero-order valence-corrected chi connectivity index (χ0v) is 15.2. The van der Waals surface area contributed by atoms with Gasteiger partial charge in [-0.15, -0.1) is 0 Å². The third-order valence-electron chi connectivity index (χ3n) is 3.46. The lowest BCUT2D eigenvalue weighted by molar-refractivity contribution is -0.113. The van der Waals surface area contributed by atoms with Crippen LogP contribution in [0.25, 0.3) is 0 Å². The Hall–Kier alpha value is -3.05. The number of hydrogen-bond acceptors (Lipinski definition) is 6. The summed E-state index contributed by atoms with van der Waals surface area (Å²) < 4.78 is 34.7. The Morgan fingerprint density at radius 2 is 1.65 bits per heavy atom. The maximum absolute atomic E-state index is 12.2. The largest absolute Gasteiger partial charge is 0.497 e. The van der Waals surface area contributed by atoms with Crippen molar-refractivity contribution in [3.05, 3.63) is 53.6 Å². The maximum Gasteiger partial charge on any atom is 0.239 e. The average molecular weight is 374 g/mol. The highest BCUT2D eigenvalue weighted by Crippen LogP contribution is 2.25. The lowest BCUT2D eigenvalue weighted by atomic mass is 10.2. The fourth-order valence-corrected chi connectivity index (χ4v) is 3.53. The summed E-state index contributed by atoms with van der Waals surface area (Å²) in [5.74, 6) is -0.658. The number of anilines is 1. The zero-order valence-electron chi connectivity index (χ0n) is 14.4. The second kappa shape index (κ2) is 8.36. The van der Waals surface area contributed by atoms with Gasteiger partial charge >= 0.3 is 0 Å². The SMILES string of the molecule is COc1cc(NC(=O)CS(=O)(=O)Cc2ccc(C#N)cc2)cc(OC)c1. The Bertz CT molecular complexity index is 909. The van der Waals surface area contributed by atoms with E-state index >= 15 is 0 Å². The van der Waals surface area contributed by atoms with E-state index in [9.17, 15) is 13.2 Å². The second-order valence-electron chi connectivity index (χ2n) is 5.49. The van der Waals surface area contributed by atoms with Crippen LogP contribution in [0.15, 0.2) is 42.5 Å². The van der Waals surface area contributed by atoms with Crippen LogP contribution in [-0.2, 0) is 20.4 Å². The summed E-state index contributed by atoms with van der Waals surface area (Å²) >= 11 is 0. The van der Waals surface area contributed by atoms with Gasteiger partial charge in [-0.3, -0.25) is 4.79 Å². The molecular formula is C18H18N2O5S. The standard InChI is InChI=1S/C18H18N2O5S/c1-24-16-7-15(8-17(9-16)25-2)20-18(21)12-26(22,23)11-14-5-3-13(10-19)4-6-14/h3-9H,11-12H2,1-2H3,(H,20,21). The van der Waals surface area contributed by atoms with Crippen LogP contribution >= 0.6 is 0 Å². The molecule has 0 saturated carbocycles. The third-order valence-corrected chi connectivity index (χ3v) is 4.93. The topological polar surface area (TPSA) is 105 Å². The molecule has 26 heavy (non-hydrogen) atoms. The number of nitrogens with zero attached hydrogens (tertiary/aromatic N) is 1. The molecule has 1 amide bonds. The van der Waals surface area contributed by atoms with E-state index in [-0.39, 0.29) is 5.75 Å². The Kier molecular flexibility index (Phi) is 6.20. The van der Waals surface area contributed by atoms with Crippen LogP contribution in [0.5, 0.6) is 11.5 Å². The first kappa shape index (κ1) is 19.3. The molecule has 0 radical (unpaired) electrons. The molecule has 0 saturated heterocycles. The molecule has 2 rings (SSSR count). The summed E-state index contributed by atoms with van der Waals surface area (Å²) in [5, 5.41) is 11.3. The molecular weight excluding hydrogens is 356 g/mol. The van der Waals surface area contributed by atoms with Gasteiger partial charge in [0, 0.05) is 23.9 Å². The van der Waals surface area contributed by atoms with Crippen LogP contribution in [0.1, 0.15) is 11.1 Å². The van der Waals surface area contributed by atoms with Gasteiger partial charge in [-0.1, -0.05) is 12.1 Å². The molecule has 0 spiro atoms. The molecule has 0 heterocycles. The molecule has 0 aliphatic rings. The van der Waals surface area contributed by atoms with E-state index in [0.717, 1.165) is 0 Å². The molecule has 0 aromatic heterocycles. The smallest absolute Gasteiger partial charge is 0.239 e. The fraction of sp³-hybridized carbons (Fsp3) is 0.222. The number of nitrogens with one attached hydrogen (secondary N) is 1. The molecule has 0 fully saturated rings. The average Bonchev–Trinajstić information content (AvgIpc) is 2.60. The minimum Gasteiger partial charge on any atom is -0.497 e. The van der Waals surface area contributed by atoms with Crippen molar-refractivity contribution in [3.63, 3.8) is 0 Å². The van der Waals surface area contributed by atoms with Crippen LogP contribution in [-0.4, -0.2) is 34.3 Å². The van der Waals surface area contributed by atoms with Crippen LogP contribution in [0, 0.1) is 11.3 Å². The number of hydrogen-bond donors (Lipinski definition) is 1. The Morgan fingerprint density at radius 3 is 2.15 bits per heavy atom. The van der Waals surface area contributed by atoms with Gasteiger partial charge in [-0.05, 0) is 17.7 Å². The number of carbonyl (C=O) groups is 1. The molecule has 136 valence electrons. The maximum atomic E-state index is 12.2. The third kappa shape index (κ3) is 5.50. The number of rotatable bonds is 7. The van der Waals surface area contributed by atoms with Crippen LogP contribution in [0.3, 0.4) is 0 Å². The van der Waals surface area contributed by atoms with E-state index in [1.54, 1.807) is 30.3 Å². The first-order chi connectivity index (χ1) is 12.3. The highest BCUT2D eigenvalue weighted by molar-refractivity contribution is 7.91. The summed E-state index contributed by atoms with van der Waals surface area (Å²) in [6.45, 7) is 0. The van der Waals surface area contributed by atoms with Crippen molar-refractivity contribution in [2.45, 2.75) is 5.75 Å². The monoisotopic (exact) mass is 374 g/mol. The Balaban J connectivity index is 2.05. The Morgan fingerprint density at radius 1 is 1.08 bits per heavy atom. The van der Waals surface area contributed by atoms with Gasteiger partial charge in [0.2, 0.25) is 5.91 Å². The highest BCUT2D eigenvalue weighted by atomic mass is 32.2. The van der Waals surface area contributed by atoms with Crippen molar-refractivity contribution in [3.8, 4) is 17.6 Å². The zero-order chi connectivity index (χ0) is 19.2. The number of ether oxygens (including phenoxy) is 2. The van der Waals surface area contributed by atoms with Crippen molar-refractivity contribution in [1.82, 2.24) is 0 Å². The summed E-state index contributed by atoms with van der Waals surface area (Å²) in [4.78, 5) is 12.1. The lowest BCUT2D eigenvalue weighted by Gasteiger charge is -2.10. The van der Waals surface area contributed by atoms with Gasteiger partial charge in [0.15, 0.2) is 9.84 Å². The predicted octanol–water partition coefficient (Wildman–Crippen LogP) is 2.13. The van der Waals surface area contributed by atoms with E-state index in [0.29, 0.717) is 28.3 Å². The first-order valence-electron chi connectivity index (χ1n) is 7.57. The van der Waals surface area contributed by atoms with Gasteiger partial charge in [-0.2, -0.15) is 5.26 Å². The number of sulfone groups is 1. The molecule has 2 aromatic carbocycles. The van der Waals surface area contributed by atoms with Crippen molar-refractivity contribution in [2.24, 2.45) is 0 Å². The van der Waals surface area contributed by atoms with E-state index in [4.69, 9.17) is 14.7 Å². The van der Waals surface area contributed by atoms with Crippen molar-refractivity contribution in [2.75, 3.05) is 25.3 Å². The van der Waals surface area contributed by atoms with Crippen molar-refractivity contribution < 1.29 is 22.7 Å². The normalized spacial score (nSPS) is 10.7. The van der Waals surface area contributed by atoms with Gasteiger partial charge in [0.1, 0.15) is 17.3 Å². The summed E-state index contributed by atoms with van der Waals surface area (Å²) in [5.41, 5.74) is 1.33.